The molecule has 1 aliphatic heterocycles. The van der Waals surface area contributed by atoms with Crippen molar-refractivity contribution in [2.24, 2.45) is 0 Å². The van der Waals surface area contributed by atoms with Crippen LogP contribution >= 0.6 is 0 Å². The summed E-state index contributed by atoms with van der Waals surface area (Å²) in [6.45, 7) is 2.46. The van der Waals surface area contributed by atoms with Crippen molar-refractivity contribution in [3.63, 3.8) is 0 Å². The van der Waals surface area contributed by atoms with Gasteiger partial charge in [-0.25, -0.2) is 4.39 Å². The maximum atomic E-state index is 13.4. The Bertz CT molecular complexity index is 732. The molecule has 1 heterocycles. The molecule has 1 aliphatic rings. The largest absolute Gasteiger partial charge is 0.493 e. The van der Waals surface area contributed by atoms with E-state index in [-0.39, 0.29) is 24.3 Å². The van der Waals surface area contributed by atoms with E-state index in [4.69, 9.17) is 9.47 Å². The van der Waals surface area contributed by atoms with Gasteiger partial charge in [0.15, 0.2) is 18.2 Å². The van der Waals surface area contributed by atoms with E-state index < -0.39 is 5.82 Å². The number of benzene rings is 2. The highest BCUT2D eigenvalue weighted by atomic mass is 19.1. The van der Waals surface area contributed by atoms with Gasteiger partial charge in [0.25, 0.3) is 5.91 Å². The van der Waals surface area contributed by atoms with Crippen molar-refractivity contribution in [3.05, 3.63) is 59.4 Å². The molecule has 0 saturated carbocycles. The predicted molar refractivity (Wildman–Crippen MR) is 88.8 cm³/mol. The molecule has 24 heavy (non-hydrogen) atoms. The Morgan fingerprint density at radius 2 is 2.17 bits per heavy atom. The lowest BCUT2D eigenvalue weighted by Crippen LogP contribution is -2.37. The quantitative estimate of drug-likeness (QED) is 0.886. The first-order chi connectivity index (χ1) is 11.6. The second-order valence-corrected chi connectivity index (χ2v) is 5.93. The minimum atomic E-state index is -0.473. The number of amides is 1. The van der Waals surface area contributed by atoms with Gasteiger partial charge in [0.05, 0.1) is 6.61 Å². The summed E-state index contributed by atoms with van der Waals surface area (Å²) in [5.74, 6) is 0.293. The Balaban J connectivity index is 1.48. The van der Waals surface area contributed by atoms with Crippen LogP contribution in [0.2, 0.25) is 0 Å². The van der Waals surface area contributed by atoms with E-state index in [1.165, 1.54) is 17.7 Å². The van der Waals surface area contributed by atoms with Crippen LogP contribution in [0.3, 0.4) is 0 Å². The molecule has 0 aromatic heterocycles. The summed E-state index contributed by atoms with van der Waals surface area (Å²) in [5.41, 5.74) is 2.37. The van der Waals surface area contributed by atoms with Crippen LogP contribution in [0, 0.1) is 5.82 Å². The van der Waals surface area contributed by atoms with Gasteiger partial charge in [-0.3, -0.25) is 4.79 Å². The molecule has 0 saturated heterocycles. The summed E-state index contributed by atoms with van der Waals surface area (Å²) < 4.78 is 24.1. The predicted octanol–water partition coefficient (Wildman–Crippen LogP) is 2.89. The smallest absolute Gasteiger partial charge is 0.258 e. The first kappa shape index (κ1) is 16.3. The van der Waals surface area contributed by atoms with Crippen molar-refractivity contribution in [1.29, 1.82) is 0 Å². The number of nitrogens with one attached hydrogen (secondary N) is 1. The highest BCUT2D eigenvalue weighted by Gasteiger charge is 2.14. The number of hydrogen-bond acceptors (Lipinski definition) is 3. The van der Waals surface area contributed by atoms with Gasteiger partial charge >= 0.3 is 0 Å². The molecule has 0 bridgehead atoms. The minimum Gasteiger partial charge on any atom is -0.493 e. The number of carbonyl (C=O) groups excluding carboxylic acids is 1. The first-order valence-electron chi connectivity index (χ1n) is 8.03. The summed E-state index contributed by atoms with van der Waals surface area (Å²) in [5, 5.41) is 2.87. The van der Waals surface area contributed by atoms with Crippen molar-refractivity contribution < 1.29 is 18.7 Å². The van der Waals surface area contributed by atoms with Crippen LogP contribution in [0.4, 0.5) is 4.39 Å². The summed E-state index contributed by atoms with van der Waals surface area (Å²) in [6.07, 6.45) is 1.65. The van der Waals surface area contributed by atoms with Gasteiger partial charge < -0.3 is 14.8 Å². The number of ether oxygens (including phenoxy) is 2. The fraction of sp³-hybridized carbons (Fsp3) is 0.316. The van der Waals surface area contributed by atoms with E-state index in [0.29, 0.717) is 0 Å². The minimum absolute atomic E-state index is 0.0397. The number of hydrogen-bond donors (Lipinski definition) is 1. The maximum Gasteiger partial charge on any atom is 0.258 e. The average Bonchev–Trinajstić information content (AvgIpc) is 3.01. The zero-order valence-corrected chi connectivity index (χ0v) is 13.5. The van der Waals surface area contributed by atoms with Crippen LogP contribution in [-0.2, 0) is 17.6 Å². The summed E-state index contributed by atoms with van der Waals surface area (Å²) in [7, 11) is 0. The van der Waals surface area contributed by atoms with Gasteiger partial charge in [0.2, 0.25) is 0 Å². The standard InChI is InChI=1S/C19H20FNO3/c1-13(10-14-6-7-17-15(11-14)8-9-23-17)21-19(22)12-24-18-5-3-2-4-16(18)20/h2-7,11,13H,8-10,12H2,1H3,(H,21,22)/t13-/m1/s1. The lowest BCUT2D eigenvalue weighted by atomic mass is 10.0. The topological polar surface area (TPSA) is 47.6 Å². The zero-order chi connectivity index (χ0) is 16.9. The molecule has 0 radical (unpaired) electrons. The van der Waals surface area contributed by atoms with E-state index in [0.717, 1.165) is 30.8 Å². The summed E-state index contributed by atoms with van der Waals surface area (Å²) in [4.78, 5) is 11.9. The molecular weight excluding hydrogens is 309 g/mol. The van der Waals surface area contributed by atoms with Gasteiger partial charge in [-0.2, -0.15) is 0 Å². The molecule has 4 nitrogen and oxygen atoms in total. The van der Waals surface area contributed by atoms with Crippen LogP contribution in [0.1, 0.15) is 18.1 Å². The molecule has 126 valence electrons. The molecule has 5 heteroatoms. The van der Waals surface area contributed by atoms with Crippen molar-refractivity contribution >= 4 is 5.91 Å². The Morgan fingerprint density at radius 3 is 3.00 bits per heavy atom. The normalized spacial score (nSPS) is 13.8. The molecule has 2 aromatic carbocycles. The molecular formula is C19H20FNO3. The van der Waals surface area contributed by atoms with Crippen molar-refractivity contribution in [3.8, 4) is 11.5 Å². The van der Waals surface area contributed by atoms with Crippen molar-refractivity contribution in [2.45, 2.75) is 25.8 Å². The molecule has 2 aromatic rings. The second-order valence-electron chi connectivity index (χ2n) is 5.93. The average molecular weight is 329 g/mol. The fourth-order valence-corrected chi connectivity index (χ4v) is 2.79. The second kappa shape index (κ2) is 7.34. The fourth-order valence-electron chi connectivity index (χ4n) is 2.79. The molecule has 0 spiro atoms. The van der Waals surface area contributed by atoms with Crippen molar-refractivity contribution in [2.75, 3.05) is 13.2 Å². The Labute approximate surface area is 140 Å². The van der Waals surface area contributed by atoms with Crippen LogP contribution < -0.4 is 14.8 Å². The highest BCUT2D eigenvalue weighted by Crippen LogP contribution is 2.26. The number of carbonyl (C=O) groups is 1. The third kappa shape index (κ3) is 4.04. The molecule has 0 unspecified atom stereocenters. The van der Waals surface area contributed by atoms with Gasteiger partial charge in [0, 0.05) is 12.5 Å². The van der Waals surface area contributed by atoms with Gasteiger partial charge in [0.1, 0.15) is 5.75 Å². The lowest BCUT2D eigenvalue weighted by Gasteiger charge is -2.15. The highest BCUT2D eigenvalue weighted by molar-refractivity contribution is 5.77. The van der Waals surface area contributed by atoms with Crippen LogP contribution in [0.5, 0.6) is 11.5 Å². The van der Waals surface area contributed by atoms with E-state index in [9.17, 15) is 9.18 Å². The van der Waals surface area contributed by atoms with E-state index in [1.807, 2.05) is 19.1 Å². The number of fused-ring (bicyclic) bond motifs is 1. The third-order valence-corrected chi connectivity index (χ3v) is 3.90. The number of para-hydroxylation sites is 1. The van der Waals surface area contributed by atoms with Crippen LogP contribution in [0.25, 0.3) is 0 Å². The maximum absolute atomic E-state index is 13.4. The molecule has 3 rings (SSSR count). The lowest BCUT2D eigenvalue weighted by molar-refractivity contribution is -0.123. The monoisotopic (exact) mass is 329 g/mol. The van der Waals surface area contributed by atoms with Crippen LogP contribution in [0.15, 0.2) is 42.5 Å². The molecule has 1 N–H and O–H groups in total. The summed E-state index contributed by atoms with van der Waals surface area (Å²) in [6, 6.07) is 12.1. The number of halogens is 1. The Hall–Kier alpha value is -2.56. The summed E-state index contributed by atoms with van der Waals surface area (Å²) >= 11 is 0. The van der Waals surface area contributed by atoms with E-state index in [2.05, 4.69) is 11.4 Å². The molecule has 1 atom stereocenters. The zero-order valence-electron chi connectivity index (χ0n) is 13.5. The Morgan fingerprint density at radius 1 is 1.33 bits per heavy atom. The van der Waals surface area contributed by atoms with E-state index in [1.54, 1.807) is 12.1 Å². The van der Waals surface area contributed by atoms with Crippen molar-refractivity contribution in [1.82, 2.24) is 5.32 Å². The number of rotatable bonds is 6. The van der Waals surface area contributed by atoms with Crippen LogP contribution in [-0.4, -0.2) is 25.2 Å². The first-order valence-corrected chi connectivity index (χ1v) is 8.03. The molecule has 1 amide bonds. The van der Waals surface area contributed by atoms with Gasteiger partial charge in [-0.15, -0.1) is 0 Å². The van der Waals surface area contributed by atoms with E-state index >= 15 is 0 Å². The third-order valence-electron chi connectivity index (χ3n) is 3.90. The SMILES string of the molecule is C[C@H](Cc1ccc2c(c1)CCO2)NC(=O)COc1ccccc1F. The van der Waals surface area contributed by atoms with Gasteiger partial charge in [-0.05, 0) is 42.7 Å². The molecule has 0 aliphatic carbocycles. The molecule has 0 fully saturated rings. The van der Waals surface area contributed by atoms with Gasteiger partial charge in [-0.1, -0.05) is 24.3 Å². The Kier molecular flexibility index (Phi) is 4.99.